The minimum Gasteiger partial charge on any atom is -0.477 e. The van der Waals surface area contributed by atoms with Crippen LogP contribution in [0.4, 0.5) is 5.69 Å². The Morgan fingerprint density at radius 2 is 2.15 bits per heavy atom. The molecule has 0 bridgehead atoms. The van der Waals surface area contributed by atoms with Gasteiger partial charge in [0, 0.05) is 17.1 Å². The van der Waals surface area contributed by atoms with Gasteiger partial charge in [0.1, 0.15) is 11.4 Å². The summed E-state index contributed by atoms with van der Waals surface area (Å²) < 4.78 is 1.47. The number of carbonyl (C=O) groups is 2. The lowest BCUT2D eigenvalue weighted by Gasteiger charge is -2.06. The van der Waals surface area contributed by atoms with E-state index in [0.717, 1.165) is 22.2 Å². The highest BCUT2D eigenvalue weighted by molar-refractivity contribution is 7.12. The Morgan fingerprint density at radius 1 is 1.27 bits per heavy atom. The smallest absolute Gasteiger partial charge is 0.346 e. The van der Waals surface area contributed by atoms with E-state index in [1.54, 1.807) is 36.0 Å². The Labute approximate surface area is 151 Å². The average Bonchev–Trinajstić information content (AvgIpc) is 3.34. The number of benzene rings is 1. The van der Waals surface area contributed by atoms with E-state index in [1.165, 1.54) is 4.68 Å². The van der Waals surface area contributed by atoms with E-state index in [4.69, 9.17) is 0 Å². The van der Waals surface area contributed by atoms with Crippen molar-refractivity contribution in [3.05, 3.63) is 53.0 Å². The Morgan fingerprint density at radius 3 is 3.00 bits per heavy atom. The molecule has 1 amide bonds. The van der Waals surface area contributed by atoms with Crippen LogP contribution in [0, 0.1) is 0 Å². The molecule has 3 N–H and O–H groups in total. The minimum atomic E-state index is -0.991. The van der Waals surface area contributed by atoms with E-state index in [0.29, 0.717) is 16.9 Å². The summed E-state index contributed by atoms with van der Waals surface area (Å²) in [6.07, 6.45) is 3.33. The van der Waals surface area contributed by atoms with Gasteiger partial charge in [0.25, 0.3) is 0 Å². The fraction of sp³-hybridized carbons (Fsp3) is 0.0588. The first-order valence-electron chi connectivity index (χ1n) is 7.68. The lowest BCUT2D eigenvalue weighted by molar-refractivity contribution is -0.116. The third-order valence-electron chi connectivity index (χ3n) is 3.83. The normalized spacial score (nSPS) is 10.9. The van der Waals surface area contributed by atoms with Crippen molar-refractivity contribution < 1.29 is 14.7 Å². The van der Waals surface area contributed by atoms with E-state index in [2.05, 4.69) is 20.6 Å². The number of aromatic nitrogens is 4. The molecule has 8 nitrogen and oxygen atoms in total. The van der Waals surface area contributed by atoms with E-state index in [9.17, 15) is 14.7 Å². The number of hydrogen-bond donors (Lipinski definition) is 3. The zero-order valence-corrected chi connectivity index (χ0v) is 14.2. The van der Waals surface area contributed by atoms with Crippen molar-refractivity contribution in [1.82, 2.24) is 20.0 Å². The molecule has 0 aliphatic heterocycles. The SMILES string of the molecule is O=C(Cn1ccc(-c2ccsc2C(=O)O)n1)Nc1cccc2cn[nH]c12. The maximum absolute atomic E-state index is 12.3. The number of rotatable bonds is 5. The van der Waals surface area contributed by atoms with Gasteiger partial charge in [-0.1, -0.05) is 12.1 Å². The topological polar surface area (TPSA) is 113 Å². The Bertz CT molecular complexity index is 1110. The predicted octanol–water partition coefficient (Wildman–Crippen LogP) is 2.82. The van der Waals surface area contributed by atoms with E-state index >= 15 is 0 Å². The van der Waals surface area contributed by atoms with Gasteiger partial charge in [0.2, 0.25) is 5.91 Å². The van der Waals surface area contributed by atoms with Crippen LogP contribution in [0.15, 0.2) is 48.1 Å². The predicted molar refractivity (Wildman–Crippen MR) is 97.2 cm³/mol. The van der Waals surface area contributed by atoms with Gasteiger partial charge in [-0.2, -0.15) is 10.2 Å². The molecule has 0 radical (unpaired) electrons. The van der Waals surface area contributed by atoms with Gasteiger partial charge in [-0.3, -0.25) is 14.6 Å². The Hall–Kier alpha value is -3.46. The van der Waals surface area contributed by atoms with Crippen LogP contribution in [0.5, 0.6) is 0 Å². The molecule has 3 heterocycles. The quantitative estimate of drug-likeness (QED) is 0.502. The second-order valence-corrected chi connectivity index (χ2v) is 6.47. The number of fused-ring (bicyclic) bond motifs is 1. The highest BCUT2D eigenvalue weighted by Gasteiger charge is 2.16. The maximum atomic E-state index is 12.3. The van der Waals surface area contributed by atoms with E-state index in [-0.39, 0.29) is 17.3 Å². The summed E-state index contributed by atoms with van der Waals surface area (Å²) in [7, 11) is 0. The van der Waals surface area contributed by atoms with Crippen LogP contribution >= 0.6 is 11.3 Å². The zero-order valence-electron chi connectivity index (χ0n) is 13.3. The summed E-state index contributed by atoms with van der Waals surface area (Å²) in [4.78, 5) is 23.8. The van der Waals surface area contributed by atoms with Gasteiger partial charge in [-0.15, -0.1) is 11.3 Å². The fourth-order valence-electron chi connectivity index (χ4n) is 2.68. The molecule has 26 heavy (non-hydrogen) atoms. The Balaban J connectivity index is 1.50. The first-order chi connectivity index (χ1) is 12.6. The molecule has 0 aliphatic carbocycles. The molecular formula is C17H13N5O3S. The standard InChI is InChI=1S/C17H13N5O3S/c23-14(19-13-3-1-2-10-8-18-20-15(10)13)9-22-6-4-12(21-22)11-5-7-26-16(11)17(24)25/h1-8H,9H2,(H,18,20)(H,19,23)(H,24,25). The number of H-pyrrole nitrogens is 1. The van der Waals surface area contributed by atoms with Gasteiger partial charge in [0.15, 0.2) is 0 Å². The average molecular weight is 367 g/mol. The molecule has 0 atom stereocenters. The van der Waals surface area contributed by atoms with Gasteiger partial charge in [-0.25, -0.2) is 4.79 Å². The van der Waals surface area contributed by atoms with Gasteiger partial charge in [0.05, 0.1) is 23.1 Å². The molecule has 0 aliphatic rings. The molecule has 0 unspecified atom stereocenters. The largest absolute Gasteiger partial charge is 0.477 e. The summed E-state index contributed by atoms with van der Waals surface area (Å²) in [5.74, 6) is -1.24. The van der Waals surface area contributed by atoms with Crippen molar-refractivity contribution in [2.45, 2.75) is 6.54 Å². The lowest BCUT2D eigenvalue weighted by atomic mass is 10.2. The van der Waals surface area contributed by atoms with Crippen LogP contribution in [0.1, 0.15) is 9.67 Å². The van der Waals surface area contributed by atoms with Crippen molar-refractivity contribution in [3.63, 3.8) is 0 Å². The molecule has 1 aromatic carbocycles. The van der Waals surface area contributed by atoms with Crippen LogP contribution in [0.2, 0.25) is 0 Å². The minimum absolute atomic E-state index is 0.0110. The van der Waals surface area contributed by atoms with Crippen LogP contribution in [0.25, 0.3) is 22.2 Å². The Kier molecular flexibility index (Phi) is 3.98. The molecule has 0 fully saturated rings. The fourth-order valence-corrected chi connectivity index (χ4v) is 3.42. The van der Waals surface area contributed by atoms with Crippen molar-refractivity contribution in [2.24, 2.45) is 0 Å². The molecule has 3 aromatic heterocycles. The maximum Gasteiger partial charge on any atom is 0.346 e. The molecular weight excluding hydrogens is 354 g/mol. The van der Waals surface area contributed by atoms with Crippen molar-refractivity contribution >= 4 is 39.8 Å². The number of hydrogen-bond acceptors (Lipinski definition) is 5. The number of anilines is 1. The summed E-state index contributed by atoms with van der Waals surface area (Å²) >= 11 is 1.14. The summed E-state index contributed by atoms with van der Waals surface area (Å²) in [5, 5.41) is 25.8. The molecule has 4 aromatic rings. The number of carboxylic acids is 1. The van der Waals surface area contributed by atoms with Crippen LogP contribution in [-0.2, 0) is 11.3 Å². The molecule has 4 rings (SSSR count). The molecule has 0 spiro atoms. The number of nitrogens with zero attached hydrogens (tertiary/aromatic N) is 3. The number of carboxylic acid groups (broad SMARTS) is 1. The summed E-state index contributed by atoms with van der Waals surface area (Å²) in [6, 6.07) is 8.92. The highest BCUT2D eigenvalue weighted by atomic mass is 32.1. The first-order valence-corrected chi connectivity index (χ1v) is 8.56. The molecule has 9 heteroatoms. The van der Waals surface area contributed by atoms with Crippen molar-refractivity contribution in [3.8, 4) is 11.3 Å². The molecule has 0 saturated carbocycles. The highest BCUT2D eigenvalue weighted by Crippen LogP contribution is 2.27. The van der Waals surface area contributed by atoms with Crippen molar-refractivity contribution in [2.75, 3.05) is 5.32 Å². The first kappa shape index (κ1) is 16.0. The van der Waals surface area contributed by atoms with Gasteiger partial charge < -0.3 is 10.4 Å². The van der Waals surface area contributed by atoms with E-state index < -0.39 is 5.97 Å². The molecule has 130 valence electrons. The summed E-state index contributed by atoms with van der Waals surface area (Å²) in [5.41, 5.74) is 2.46. The number of amides is 1. The number of aromatic carboxylic acids is 1. The third kappa shape index (κ3) is 2.95. The zero-order chi connectivity index (χ0) is 18.1. The number of para-hydroxylation sites is 1. The van der Waals surface area contributed by atoms with Crippen LogP contribution < -0.4 is 5.32 Å². The lowest BCUT2D eigenvalue weighted by Crippen LogP contribution is -2.19. The van der Waals surface area contributed by atoms with Gasteiger partial charge >= 0.3 is 5.97 Å². The molecule has 0 saturated heterocycles. The van der Waals surface area contributed by atoms with Crippen molar-refractivity contribution in [1.29, 1.82) is 0 Å². The number of nitrogens with one attached hydrogen (secondary N) is 2. The third-order valence-corrected chi connectivity index (χ3v) is 4.73. The number of carbonyl (C=O) groups excluding carboxylic acids is 1. The van der Waals surface area contributed by atoms with E-state index in [1.807, 2.05) is 12.1 Å². The van der Waals surface area contributed by atoms with Crippen LogP contribution in [0.3, 0.4) is 0 Å². The number of thiophene rings is 1. The monoisotopic (exact) mass is 367 g/mol. The van der Waals surface area contributed by atoms with Crippen LogP contribution in [-0.4, -0.2) is 37.0 Å². The second kappa shape index (κ2) is 6.45. The second-order valence-electron chi connectivity index (χ2n) is 5.56. The number of aromatic amines is 1. The summed E-state index contributed by atoms with van der Waals surface area (Å²) in [6.45, 7) is 0.0110. The van der Waals surface area contributed by atoms with Gasteiger partial charge in [-0.05, 0) is 23.6 Å².